The van der Waals surface area contributed by atoms with Crippen molar-refractivity contribution < 1.29 is 28.8 Å². The van der Waals surface area contributed by atoms with Gasteiger partial charge >= 0.3 is 0 Å². The van der Waals surface area contributed by atoms with E-state index in [1.165, 1.54) is 18.2 Å². The minimum atomic E-state index is -1.05. The molecule has 10 nitrogen and oxygen atoms in total. The highest BCUT2D eigenvalue weighted by molar-refractivity contribution is 6.24. The van der Waals surface area contributed by atoms with Gasteiger partial charge in [0.25, 0.3) is 17.7 Å². The molecular weight excluding hydrogens is 536 g/mol. The molecule has 0 aliphatic carbocycles. The van der Waals surface area contributed by atoms with Gasteiger partial charge in [-0.3, -0.25) is 39.0 Å². The highest BCUT2D eigenvalue weighted by atomic mass is 16.2. The Labute approximate surface area is 242 Å². The number of rotatable bonds is 11. The third-order valence-corrected chi connectivity index (χ3v) is 7.59. The van der Waals surface area contributed by atoms with E-state index in [0.29, 0.717) is 19.5 Å². The molecule has 0 saturated carbocycles. The number of piperidine rings is 1. The summed E-state index contributed by atoms with van der Waals surface area (Å²) in [4.78, 5) is 75.3. The number of carbonyl (C=O) groups is 6. The number of unbranched alkanes of at least 4 members (excludes halogenated alkanes) is 3. The minimum absolute atomic E-state index is 0.00713. The topological polar surface area (TPSA) is 142 Å². The van der Waals surface area contributed by atoms with E-state index in [9.17, 15) is 28.8 Å². The minimum Gasteiger partial charge on any atom is -0.356 e. The molecule has 2 aliphatic rings. The number of amides is 6. The zero-order valence-electron chi connectivity index (χ0n) is 23.1. The predicted octanol–water partition coefficient (Wildman–Crippen LogP) is 2.89. The van der Waals surface area contributed by atoms with Crippen molar-refractivity contribution in [2.75, 3.05) is 13.1 Å². The van der Waals surface area contributed by atoms with Gasteiger partial charge in [0.15, 0.2) is 0 Å². The number of nitrogens with zero attached hydrogens (tertiary/aromatic N) is 1. The van der Waals surface area contributed by atoms with Crippen molar-refractivity contribution in [1.29, 1.82) is 0 Å². The average molecular weight is 569 g/mol. The second-order valence-corrected chi connectivity index (χ2v) is 10.6. The highest BCUT2D eigenvalue weighted by Gasteiger charge is 2.44. The molecule has 0 bridgehead atoms. The van der Waals surface area contributed by atoms with Crippen molar-refractivity contribution in [3.63, 3.8) is 0 Å². The summed E-state index contributed by atoms with van der Waals surface area (Å²) in [6.45, 7) is 1.04. The van der Waals surface area contributed by atoms with Crippen molar-refractivity contribution in [2.24, 2.45) is 0 Å². The lowest BCUT2D eigenvalue weighted by Gasteiger charge is -2.27. The summed E-state index contributed by atoms with van der Waals surface area (Å²) in [5, 5.41) is 10.2. The maximum Gasteiger partial charge on any atom is 0.262 e. The Kier molecular flexibility index (Phi) is 8.71. The lowest BCUT2D eigenvalue weighted by molar-refractivity contribution is -0.136. The Balaban J connectivity index is 1.00. The molecule has 1 saturated heterocycles. The fraction of sp³-hybridized carbons (Fsp3) is 0.312. The van der Waals surface area contributed by atoms with Gasteiger partial charge in [-0.25, -0.2) is 0 Å². The number of fused-ring (bicyclic) bond motifs is 2. The van der Waals surface area contributed by atoms with Crippen LogP contribution in [0.5, 0.6) is 0 Å². The molecule has 42 heavy (non-hydrogen) atoms. The number of hydrogen-bond donors (Lipinski definition) is 3. The molecule has 5 rings (SSSR count). The summed E-state index contributed by atoms with van der Waals surface area (Å²) in [6, 6.07) is 17.3. The summed E-state index contributed by atoms with van der Waals surface area (Å²) in [5.41, 5.74) is 1.42. The lowest BCUT2D eigenvalue weighted by Crippen LogP contribution is -2.54. The summed E-state index contributed by atoms with van der Waals surface area (Å²) in [7, 11) is 0. The quantitative estimate of drug-likeness (QED) is 0.240. The largest absolute Gasteiger partial charge is 0.356 e. The first-order valence-electron chi connectivity index (χ1n) is 14.2. The van der Waals surface area contributed by atoms with E-state index < -0.39 is 29.7 Å². The van der Waals surface area contributed by atoms with Gasteiger partial charge in [-0.05, 0) is 53.8 Å². The van der Waals surface area contributed by atoms with Gasteiger partial charge in [-0.15, -0.1) is 0 Å². The molecule has 2 heterocycles. The molecule has 1 unspecified atom stereocenters. The van der Waals surface area contributed by atoms with E-state index in [1.54, 1.807) is 0 Å². The van der Waals surface area contributed by atoms with Crippen LogP contribution >= 0.6 is 0 Å². The SMILES string of the molecule is O=C(Cc1ccc2ccccc2c1)NCCCCCCNC(=O)c1ccc2c(c1)C(=O)N(C1CCC(=O)NC1=O)C2=O. The normalized spacial score (nSPS) is 16.4. The molecule has 216 valence electrons. The molecule has 3 aromatic rings. The van der Waals surface area contributed by atoms with E-state index >= 15 is 0 Å². The van der Waals surface area contributed by atoms with Gasteiger partial charge in [0.05, 0.1) is 17.5 Å². The Bertz CT molecular complexity index is 1580. The molecule has 2 aliphatic heterocycles. The first kappa shape index (κ1) is 28.7. The van der Waals surface area contributed by atoms with E-state index in [-0.39, 0.29) is 41.3 Å². The van der Waals surface area contributed by atoms with Crippen molar-refractivity contribution >= 4 is 46.2 Å². The van der Waals surface area contributed by atoms with Crippen LogP contribution < -0.4 is 16.0 Å². The molecule has 3 N–H and O–H groups in total. The van der Waals surface area contributed by atoms with Gasteiger partial charge < -0.3 is 10.6 Å². The van der Waals surface area contributed by atoms with E-state index in [0.717, 1.165) is 46.9 Å². The maximum absolute atomic E-state index is 13.0. The second kappa shape index (κ2) is 12.8. The zero-order valence-corrected chi connectivity index (χ0v) is 23.1. The number of hydrogen-bond acceptors (Lipinski definition) is 6. The van der Waals surface area contributed by atoms with Crippen LogP contribution in [0, 0.1) is 0 Å². The second-order valence-electron chi connectivity index (χ2n) is 10.6. The molecule has 0 aromatic heterocycles. The van der Waals surface area contributed by atoms with Crippen LogP contribution in [0.25, 0.3) is 10.8 Å². The van der Waals surface area contributed by atoms with Gasteiger partial charge in [0.1, 0.15) is 6.04 Å². The van der Waals surface area contributed by atoms with Crippen LogP contribution in [0.2, 0.25) is 0 Å². The molecule has 6 amide bonds. The fourth-order valence-corrected chi connectivity index (χ4v) is 5.34. The van der Waals surface area contributed by atoms with Crippen LogP contribution in [-0.2, 0) is 20.8 Å². The monoisotopic (exact) mass is 568 g/mol. The third-order valence-electron chi connectivity index (χ3n) is 7.59. The maximum atomic E-state index is 13.0. The van der Waals surface area contributed by atoms with Crippen molar-refractivity contribution in [3.8, 4) is 0 Å². The Hall–Kier alpha value is -4.86. The molecule has 1 atom stereocenters. The first-order chi connectivity index (χ1) is 20.3. The number of nitrogens with one attached hydrogen (secondary N) is 3. The van der Waals surface area contributed by atoms with Gasteiger partial charge in [-0.1, -0.05) is 55.3 Å². The van der Waals surface area contributed by atoms with E-state index in [4.69, 9.17) is 0 Å². The standard InChI is InChI=1S/C32H32N4O6/c37-27-14-13-26(30(40)35-27)36-31(41)24-12-11-23(19-25(24)32(36)42)29(39)34-16-6-2-1-5-15-33-28(38)18-20-9-10-21-7-3-4-8-22(21)17-20/h3-4,7-12,17,19,26H,1-2,5-6,13-16,18H2,(H,33,38)(H,34,39)(H,35,37,40). The van der Waals surface area contributed by atoms with Crippen LogP contribution in [-0.4, -0.2) is 59.5 Å². The molecule has 10 heteroatoms. The summed E-state index contributed by atoms with van der Waals surface area (Å²) >= 11 is 0. The molecule has 1 fully saturated rings. The fourth-order valence-electron chi connectivity index (χ4n) is 5.34. The molecule has 0 radical (unpaired) electrons. The zero-order chi connectivity index (χ0) is 29.6. The average Bonchev–Trinajstić information content (AvgIpc) is 3.23. The summed E-state index contributed by atoms with van der Waals surface area (Å²) < 4.78 is 0. The Morgan fingerprint density at radius 1 is 0.786 bits per heavy atom. The van der Waals surface area contributed by atoms with Gasteiger partial charge in [0.2, 0.25) is 17.7 Å². The lowest BCUT2D eigenvalue weighted by atomic mass is 10.0. The van der Waals surface area contributed by atoms with Crippen LogP contribution in [0.3, 0.4) is 0 Å². The van der Waals surface area contributed by atoms with E-state index in [1.807, 2.05) is 42.5 Å². The summed E-state index contributed by atoms with van der Waals surface area (Å²) in [6.07, 6.45) is 3.81. The third kappa shape index (κ3) is 6.38. The predicted molar refractivity (Wildman–Crippen MR) is 155 cm³/mol. The smallest absolute Gasteiger partial charge is 0.262 e. The number of carbonyl (C=O) groups excluding carboxylic acids is 6. The van der Waals surface area contributed by atoms with Gasteiger partial charge in [0, 0.05) is 25.1 Å². The number of benzene rings is 3. The molecule has 0 spiro atoms. The Morgan fingerprint density at radius 2 is 1.50 bits per heavy atom. The van der Waals surface area contributed by atoms with Crippen molar-refractivity contribution in [3.05, 3.63) is 82.9 Å². The molecule has 3 aromatic carbocycles. The van der Waals surface area contributed by atoms with Crippen LogP contribution in [0.4, 0.5) is 0 Å². The van der Waals surface area contributed by atoms with Crippen LogP contribution in [0.15, 0.2) is 60.7 Å². The van der Waals surface area contributed by atoms with Gasteiger partial charge in [-0.2, -0.15) is 0 Å². The Morgan fingerprint density at radius 3 is 2.26 bits per heavy atom. The number of imide groups is 2. The van der Waals surface area contributed by atoms with Crippen molar-refractivity contribution in [1.82, 2.24) is 20.9 Å². The van der Waals surface area contributed by atoms with Crippen LogP contribution in [0.1, 0.15) is 75.2 Å². The molecular formula is C32H32N4O6. The van der Waals surface area contributed by atoms with Crippen molar-refractivity contribution in [2.45, 2.75) is 51.0 Å². The van der Waals surface area contributed by atoms with E-state index in [2.05, 4.69) is 16.0 Å². The first-order valence-corrected chi connectivity index (χ1v) is 14.2. The summed E-state index contributed by atoms with van der Waals surface area (Å²) in [5.74, 6) is -2.75. The highest BCUT2D eigenvalue weighted by Crippen LogP contribution is 2.28.